The Kier molecular flexibility index (Phi) is 10.1. The molecule has 0 aliphatic carbocycles. The molecule has 206 valence electrons. The van der Waals surface area contributed by atoms with Crippen molar-refractivity contribution >= 4 is 87.3 Å². The molecule has 1 unspecified atom stereocenters. The molecule has 39 heavy (non-hydrogen) atoms. The van der Waals surface area contributed by atoms with Gasteiger partial charge in [-0.3, -0.25) is 9.59 Å². The number of rotatable bonds is 8. The molecule has 3 N–H and O–H groups in total. The average Bonchev–Trinajstić information content (AvgIpc) is 2.87. The second-order valence-corrected chi connectivity index (χ2v) is 10.7. The van der Waals surface area contributed by atoms with E-state index in [2.05, 4.69) is 10.6 Å². The van der Waals surface area contributed by atoms with Crippen molar-refractivity contribution in [2.75, 3.05) is 10.6 Å². The Morgan fingerprint density at radius 1 is 0.872 bits per heavy atom. The first-order valence-electron chi connectivity index (χ1n) is 10.9. The van der Waals surface area contributed by atoms with Crippen LogP contribution >= 0.6 is 58.2 Å². The monoisotopic (exact) mass is 638 g/mol. The van der Waals surface area contributed by atoms with Crippen LogP contribution in [0.3, 0.4) is 0 Å². The number of halogens is 7. The van der Waals surface area contributed by atoms with Gasteiger partial charge >= 0.3 is 12.1 Å². The number of carboxylic acid groups (broad SMARTS) is 1. The van der Waals surface area contributed by atoms with Crippen LogP contribution in [0.15, 0.2) is 53.4 Å². The third-order valence-corrected chi connectivity index (χ3v) is 8.36. The van der Waals surface area contributed by atoms with Crippen LogP contribution in [-0.4, -0.2) is 28.1 Å². The molecule has 0 fully saturated rings. The molecule has 1 atom stereocenters. The van der Waals surface area contributed by atoms with Gasteiger partial charge in [0.15, 0.2) is 0 Å². The summed E-state index contributed by atoms with van der Waals surface area (Å²) in [6, 6.07) is 10.6. The van der Waals surface area contributed by atoms with E-state index in [4.69, 9.17) is 46.4 Å². The fourth-order valence-corrected chi connectivity index (χ4v) is 5.40. The number of thioether (sulfide) groups is 1. The lowest BCUT2D eigenvalue weighted by Gasteiger charge is -2.17. The maximum absolute atomic E-state index is 13.0. The number of amides is 2. The van der Waals surface area contributed by atoms with Crippen molar-refractivity contribution in [2.24, 2.45) is 0 Å². The molecule has 0 saturated carbocycles. The van der Waals surface area contributed by atoms with Crippen molar-refractivity contribution in [3.05, 3.63) is 85.3 Å². The summed E-state index contributed by atoms with van der Waals surface area (Å²) >= 11 is 25.2. The zero-order chi connectivity index (χ0) is 29.1. The van der Waals surface area contributed by atoms with Crippen molar-refractivity contribution in [1.82, 2.24) is 0 Å². The Morgan fingerprint density at radius 3 is 2.00 bits per heavy atom. The van der Waals surface area contributed by atoms with Crippen LogP contribution in [0.5, 0.6) is 0 Å². The fourth-order valence-electron chi connectivity index (χ4n) is 3.37. The van der Waals surface area contributed by atoms with E-state index in [0.717, 1.165) is 23.9 Å². The molecule has 3 aromatic carbocycles. The van der Waals surface area contributed by atoms with Crippen LogP contribution in [0, 0.1) is 0 Å². The molecule has 2 amide bonds. The quantitative estimate of drug-likeness (QED) is 0.130. The maximum Gasteiger partial charge on any atom is 0.416 e. The van der Waals surface area contributed by atoms with E-state index in [1.807, 2.05) is 0 Å². The second-order valence-electron chi connectivity index (χ2n) is 7.88. The van der Waals surface area contributed by atoms with Crippen molar-refractivity contribution in [3.63, 3.8) is 0 Å². The molecule has 0 saturated heterocycles. The van der Waals surface area contributed by atoms with Crippen molar-refractivity contribution < 1.29 is 32.7 Å². The number of hydrogen-bond donors (Lipinski definition) is 3. The lowest BCUT2D eigenvalue weighted by Crippen LogP contribution is -2.24. The summed E-state index contributed by atoms with van der Waals surface area (Å²) in [5.74, 6) is -2.98. The number of aromatic carboxylic acids is 1. The molecule has 3 rings (SSSR count). The first-order valence-corrected chi connectivity index (χ1v) is 13.3. The summed E-state index contributed by atoms with van der Waals surface area (Å²) in [6.45, 7) is 1.73. The molecule has 0 heterocycles. The highest BCUT2D eigenvalue weighted by Gasteiger charge is 2.31. The predicted octanol–water partition coefficient (Wildman–Crippen LogP) is 8.78. The highest BCUT2D eigenvalue weighted by Crippen LogP contribution is 2.42. The number of benzene rings is 3. The Hall–Kier alpha value is -2.63. The van der Waals surface area contributed by atoms with Gasteiger partial charge in [-0.2, -0.15) is 13.2 Å². The summed E-state index contributed by atoms with van der Waals surface area (Å²) in [5, 5.41) is 12.4. The van der Waals surface area contributed by atoms with E-state index >= 15 is 0 Å². The lowest BCUT2D eigenvalue weighted by atomic mass is 10.1. The van der Waals surface area contributed by atoms with Gasteiger partial charge < -0.3 is 15.7 Å². The van der Waals surface area contributed by atoms with Gasteiger partial charge in [0.05, 0.1) is 42.0 Å². The van der Waals surface area contributed by atoms with Gasteiger partial charge in [0.2, 0.25) is 5.91 Å². The van der Waals surface area contributed by atoms with Crippen LogP contribution < -0.4 is 10.6 Å². The first-order chi connectivity index (χ1) is 18.2. The molecular weight excluding hydrogens is 623 g/mol. The van der Waals surface area contributed by atoms with Gasteiger partial charge in [-0.05, 0) is 42.8 Å². The number of carbonyl (C=O) groups excluding carboxylic acids is 2. The molecule has 0 aromatic heterocycles. The second kappa shape index (κ2) is 12.7. The predicted molar refractivity (Wildman–Crippen MR) is 148 cm³/mol. The Labute approximate surface area is 244 Å². The molecular formula is C25H17Cl4F3N2O4S. The molecule has 0 bridgehead atoms. The van der Waals surface area contributed by atoms with Crippen LogP contribution in [0.2, 0.25) is 20.1 Å². The van der Waals surface area contributed by atoms with E-state index in [-0.39, 0.29) is 21.4 Å². The number of alkyl halides is 3. The summed E-state index contributed by atoms with van der Waals surface area (Å²) in [6.07, 6.45) is -4.21. The van der Waals surface area contributed by atoms with E-state index in [1.54, 1.807) is 19.1 Å². The van der Waals surface area contributed by atoms with Crippen LogP contribution in [0.25, 0.3) is 0 Å². The van der Waals surface area contributed by atoms with E-state index in [0.29, 0.717) is 11.3 Å². The van der Waals surface area contributed by atoms with E-state index in [9.17, 15) is 32.7 Å². The van der Waals surface area contributed by atoms with Gasteiger partial charge in [-0.15, -0.1) is 11.8 Å². The highest BCUT2D eigenvalue weighted by atomic mass is 35.5. The first kappa shape index (κ1) is 30.9. The Bertz CT molecular complexity index is 1450. The zero-order valence-electron chi connectivity index (χ0n) is 19.6. The largest absolute Gasteiger partial charge is 0.478 e. The third kappa shape index (κ3) is 7.32. The maximum atomic E-state index is 13.0. The topological polar surface area (TPSA) is 95.5 Å². The zero-order valence-corrected chi connectivity index (χ0v) is 23.5. The van der Waals surface area contributed by atoms with Gasteiger partial charge in [0, 0.05) is 16.3 Å². The van der Waals surface area contributed by atoms with Gasteiger partial charge in [0.25, 0.3) is 5.91 Å². The average molecular weight is 640 g/mol. The number of nitrogens with one attached hydrogen (secondary N) is 2. The molecule has 0 spiro atoms. The molecule has 0 radical (unpaired) electrons. The van der Waals surface area contributed by atoms with Crippen LogP contribution in [0.1, 0.15) is 39.6 Å². The Morgan fingerprint density at radius 2 is 1.44 bits per heavy atom. The van der Waals surface area contributed by atoms with E-state index < -0.39 is 55.9 Å². The number of anilines is 2. The molecule has 0 aliphatic heterocycles. The fraction of sp³-hybridized carbons (Fsp3) is 0.160. The minimum absolute atomic E-state index is 0.00119. The Balaban J connectivity index is 1.80. The lowest BCUT2D eigenvalue weighted by molar-refractivity contribution is -0.137. The summed E-state index contributed by atoms with van der Waals surface area (Å²) in [4.78, 5) is 38.1. The smallest absolute Gasteiger partial charge is 0.416 e. The highest BCUT2D eigenvalue weighted by molar-refractivity contribution is 8.00. The summed E-state index contributed by atoms with van der Waals surface area (Å²) in [5.41, 5.74) is -1.78. The normalized spacial score (nSPS) is 12.1. The van der Waals surface area contributed by atoms with Crippen molar-refractivity contribution in [2.45, 2.75) is 29.7 Å². The molecule has 14 heteroatoms. The van der Waals surface area contributed by atoms with E-state index in [1.165, 1.54) is 24.3 Å². The van der Waals surface area contributed by atoms with Crippen LogP contribution in [-0.2, 0) is 11.0 Å². The number of carboxylic acids is 1. The minimum atomic E-state index is -4.55. The van der Waals surface area contributed by atoms with Crippen LogP contribution in [0.4, 0.5) is 24.5 Å². The molecule has 0 aliphatic rings. The summed E-state index contributed by atoms with van der Waals surface area (Å²) in [7, 11) is 0. The van der Waals surface area contributed by atoms with Gasteiger partial charge in [-0.1, -0.05) is 65.5 Å². The standard InChI is InChI=1S/C25H17Cl4F3N2O4S/c1-2-15(22(35)33-12-6-3-5-11(9-12)25(30,31)32)39-14-8-4-7-13(10-14)34-23(36)16-17(24(37)38)19(27)21(29)20(28)18(16)26/h3-10,15H,2H2,1H3,(H,33,35)(H,34,36)(H,37,38). The SMILES string of the molecule is CCC(Sc1cccc(NC(=O)c2c(Cl)c(Cl)c(Cl)c(Cl)c2C(=O)O)c1)C(=O)Nc1cccc(C(F)(F)F)c1. The molecule has 6 nitrogen and oxygen atoms in total. The van der Waals surface area contributed by atoms with Gasteiger partial charge in [-0.25, -0.2) is 4.79 Å². The summed E-state index contributed by atoms with van der Waals surface area (Å²) < 4.78 is 39.0. The van der Waals surface area contributed by atoms with Crippen molar-refractivity contribution in [1.29, 1.82) is 0 Å². The van der Waals surface area contributed by atoms with Gasteiger partial charge in [0.1, 0.15) is 0 Å². The molecule has 3 aromatic rings. The third-order valence-electron chi connectivity index (χ3n) is 5.20. The number of carbonyl (C=O) groups is 3. The van der Waals surface area contributed by atoms with Crippen molar-refractivity contribution in [3.8, 4) is 0 Å². The number of hydrogen-bond acceptors (Lipinski definition) is 4. The minimum Gasteiger partial charge on any atom is -0.478 e.